The third-order valence-electron chi connectivity index (χ3n) is 2.97. The molecule has 0 heterocycles. The molecule has 1 rings (SSSR count). The zero-order valence-electron chi connectivity index (χ0n) is 11.8. The highest BCUT2D eigenvalue weighted by molar-refractivity contribution is 5.40. The quantitative estimate of drug-likeness (QED) is 0.723. The molecular weight excluding hydrogens is 226 g/mol. The van der Waals surface area contributed by atoms with Crippen molar-refractivity contribution in [2.45, 2.75) is 33.6 Å². The largest absolute Gasteiger partial charge is 0.493 e. The third-order valence-corrected chi connectivity index (χ3v) is 2.97. The molecule has 102 valence electrons. The molecule has 0 radical (unpaired) electrons. The van der Waals surface area contributed by atoms with Crippen LogP contribution < -0.4 is 10.5 Å². The Bertz CT molecular complexity index is 364. The third kappa shape index (κ3) is 5.07. The Morgan fingerprint density at radius 2 is 1.56 bits per heavy atom. The van der Waals surface area contributed by atoms with Gasteiger partial charge >= 0.3 is 0 Å². The lowest BCUT2D eigenvalue weighted by atomic mass is 10.1. The lowest BCUT2D eigenvalue weighted by Crippen LogP contribution is -2.07. The summed E-state index contributed by atoms with van der Waals surface area (Å²) in [6, 6.07) is 4.28. The SMILES string of the molecule is Cc1cc(C)c(OCCCOCCCN)cc1C. The first kappa shape index (κ1) is 15.0. The number of hydrogen-bond acceptors (Lipinski definition) is 3. The maximum Gasteiger partial charge on any atom is 0.122 e. The summed E-state index contributed by atoms with van der Waals surface area (Å²) in [6.07, 6.45) is 1.84. The van der Waals surface area contributed by atoms with Gasteiger partial charge in [0.1, 0.15) is 5.75 Å². The highest BCUT2D eigenvalue weighted by Crippen LogP contribution is 2.22. The summed E-state index contributed by atoms with van der Waals surface area (Å²) in [5, 5.41) is 0. The van der Waals surface area contributed by atoms with Crippen molar-refractivity contribution in [1.29, 1.82) is 0 Å². The van der Waals surface area contributed by atoms with Crippen LogP contribution in [-0.2, 0) is 4.74 Å². The van der Waals surface area contributed by atoms with Gasteiger partial charge in [-0.1, -0.05) is 6.07 Å². The van der Waals surface area contributed by atoms with Crippen molar-refractivity contribution >= 4 is 0 Å². The summed E-state index contributed by atoms with van der Waals surface area (Å²) in [5.41, 5.74) is 9.16. The summed E-state index contributed by atoms with van der Waals surface area (Å²) in [7, 11) is 0. The first-order chi connectivity index (χ1) is 8.65. The highest BCUT2D eigenvalue weighted by atomic mass is 16.5. The van der Waals surface area contributed by atoms with Gasteiger partial charge in [-0.3, -0.25) is 0 Å². The predicted molar refractivity (Wildman–Crippen MR) is 75.3 cm³/mol. The Balaban J connectivity index is 2.25. The van der Waals surface area contributed by atoms with Gasteiger partial charge in [0.2, 0.25) is 0 Å². The lowest BCUT2D eigenvalue weighted by molar-refractivity contribution is 0.118. The second-order valence-electron chi connectivity index (χ2n) is 4.66. The van der Waals surface area contributed by atoms with Crippen LogP contribution >= 0.6 is 0 Å². The monoisotopic (exact) mass is 251 g/mol. The second-order valence-corrected chi connectivity index (χ2v) is 4.66. The molecule has 0 aliphatic rings. The summed E-state index contributed by atoms with van der Waals surface area (Å²) in [4.78, 5) is 0. The average molecular weight is 251 g/mol. The molecule has 0 spiro atoms. The summed E-state index contributed by atoms with van der Waals surface area (Å²) < 4.78 is 11.2. The molecular formula is C15H25NO2. The fraction of sp³-hybridized carbons (Fsp3) is 0.600. The lowest BCUT2D eigenvalue weighted by Gasteiger charge is -2.11. The Labute approximate surface area is 110 Å². The van der Waals surface area contributed by atoms with Gasteiger partial charge in [-0.05, 0) is 56.5 Å². The van der Waals surface area contributed by atoms with Crippen LogP contribution in [0.25, 0.3) is 0 Å². The number of hydrogen-bond donors (Lipinski definition) is 1. The molecule has 2 N–H and O–H groups in total. The average Bonchev–Trinajstić information content (AvgIpc) is 2.34. The Hall–Kier alpha value is -1.06. The van der Waals surface area contributed by atoms with Crippen LogP contribution in [-0.4, -0.2) is 26.4 Å². The van der Waals surface area contributed by atoms with Crippen LogP contribution in [0.1, 0.15) is 29.5 Å². The van der Waals surface area contributed by atoms with Gasteiger partial charge in [-0.15, -0.1) is 0 Å². The van der Waals surface area contributed by atoms with Crippen LogP contribution in [0.5, 0.6) is 5.75 Å². The van der Waals surface area contributed by atoms with Crippen molar-refractivity contribution in [3.05, 3.63) is 28.8 Å². The van der Waals surface area contributed by atoms with Gasteiger partial charge in [0.05, 0.1) is 6.61 Å². The molecule has 1 aromatic rings. The topological polar surface area (TPSA) is 44.5 Å². The van der Waals surface area contributed by atoms with Crippen molar-refractivity contribution < 1.29 is 9.47 Å². The molecule has 0 saturated carbocycles. The summed E-state index contributed by atoms with van der Waals surface area (Å²) >= 11 is 0. The van der Waals surface area contributed by atoms with E-state index in [0.717, 1.165) is 31.8 Å². The Morgan fingerprint density at radius 1 is 0.889 bits per heavy atom. The molecule has 0 aliphatic carbocycles. The molecule has 0 aliphatic heterocycles. The molecule has 1 aromatic carbocycles. The van der Waals surface area contributed by atoms with Crippen LogP contribution in [0.2, 0.25) is 0 Å². The van der Waals surface area contributed by atoms with E-state index in [4.69, 9.17) is 15.2 Å². The van der Waals surface area contributed by atoms with Crippen molar-refractivity contribution in [2.24, 2.45) is 5.73 Å². The number of ether oxygens (including phenoxy) is 2. The van der Waals surface area contributed by atoms with Crippen molar-refractivity contribution in [2.75, 3.05) is 26.4 Å². The fourth-order valence-corrected chi connectivity index (χ4v) is 1.72. The standard InChI is InChI=1S/C15H25NO2/c1-12-10-14(3)15(11-13(12)2)18-9-5-8-17-7-4-6-16/h10-11H,4-9,16H2,1-3H3. The molecule has 3 nitrogen and oxygen atoms in total. The van der Waals surface area contributed by atoms with E-state index in [0.29, 0.717) is 13.2 Å². The normalized spacial score (nSPS) is 10.7. The van der Waals surface area contributed by atoms with Crippen molar-refractivity contribution in [1.82, 2.24) is 0 Å². The maximum atomic E-state index is 5.77. The van der Waals surface area contributed by atoms with Crippen LogP contribution in [0.15, 0.2) is 12.1 Å². The molecule has 0 saturated heterocycles. The maximum absolute atomic E-state index is 5.77. The van der Waals surface area contributed by atoms with Crippen LogP contribution in [0.3, 0.4) is 0 Å². The fourth-order valence-electron chi connectivity index (χ4n) is 1.72. The van der Waals surface area contributed by atoms with E-state index in [-0.39, 0.29) is 0 Å². The number of aryl methyl sites for hydroxylation is 3. The van der Waals surface area contributed by atoms with Gasteiger partial charge in [-0.2, -0.15) is 0 Å². The van der Waals surface area contributed by atoms with Gasteiger partial charge in [-0.25, -0.2) is 0 Å². The molecule has 0 fully saturated rings. The van der Waals surface area contributed by atoms with Gasteiger partial charge < -0.3 is 15.2 Å². The van der Waals surface area contributed by atoms with Crippen molar-refractivity contribution in [3.63, 3.8) is 0 Å². The smallest absolute Gasteiger partial charge is 0.122 e. The number of nitrogens with two attached hydrogens (primary N) is 1. The summed E-state index contributed by atoms with van der Waals surface area (Å²) in [6.45, 7) is 9.20. The predicted octanol–water partition coefficient (Wildman–Crippen LogP) is 2.75. The first-order valence-corrected chi connectivity index (χ1v) is 6.63. The highest BCUT2D eigenvalue weighted by Gasteiger charge is 2.02. The molecule has 3 heteroatoms. The van der Waals surface area contributed by atoms with E-state index < -0.39 is 0 Å². The van der Waals surface area contributed by atoms with Gasteiger partial charge in [0, 0.05) is 19.6 Å². The van der Waals surface area contributed by atoms with E-state index in [1.54, 1.807) is 0 Å². The molecule has 0 unspecified atom stereocenters. The van der Waals surface area contributed by atoms with E-state index >= 15 is 0 Å². The van der Waals surface area contributed by atoms with Gasteiger partial charge in [0.15, 0.2) is 0 Å². The Morgan fingerprint density at radius 3 is 2.28 bits per heavy atom. The molecule has 0 amide bonds. The second kappa shape index (κ2) is 8.11. The van der Waals surface area contributed by atoms with E-state index in [2.05, 4.69) is 32.9 Å². The van der Waals surface area contributed by atoms with Gasteiger partial charge in [0.25, 0.3) is 0 Å². The Kier molecular flexibility index (Phi) is 6.76. The summed E-state index contributed by atoms with van der Waals surface area (Å²) in [5.74, 6) is 0.986. The minimum Gasteiger partial charge on any atom is -0.493 e. The molecule has 0 aromatic heterocycles. The van der Waals surface area contributed by atoms with E-state index in [9.17, 15) is 0 Å². The van der Waals surface area contributed by atoms with Crippen LogP contribution in [0, 0.1) is 20.8 Å². The minimum atomic E-state index is 0.693. The minimum absolute atomic E-state index is 0.693. The zero-order valence-corrected chi connectivity index (χ0v) is 11.8. The van der Waals surface area contributed by atoms with Crippen LogP contribution in [0.4, 0.5) is 0 Å². The molecule has 18 heavy (non-hydrogen) atoms. The van der Waals surface area contributed by atoms with Crippen molar-refractivity contribution in [3.8, 4) is 5.75 Å². The molecule has 0 bridgehead atoms. The molecule has 0 atom stereocenters. The first-order valence-electron chi connectivity index (χ1n) is 6.63. The van der Waals surface area contributed by atoms with E-state index in [1.807, 2.05) is 0 Å². The number of rotatable bonds is 8. The van der Waals surface area contributed by atoms with E-state index in [1.165, 1.54) is 16.7 Å². The number of benzene rings is 1. The zero-order chi connectivity index (χ0) is 13.4.